The summed E-state index contributed by atoms with van der Waals surface area (Å²) in [5, 5.41) is 12.1. The molecule has 2 rings (SSSR count). The fourth-order valence-corrected chi connectivity index (χ4v) is 2.03. The third-order valence-corrected chi connectivity index (χ3v) is 2.96. The molecule has 0 saturated carbocycles. The first-order valence-electron chi connectivity index (χ1n) is 6.29. The molecule has 1 N–H and O–H groups in total. The van der Waals surface area contributed by atoms with Crippen LogP contribution in [-0.2, 0) is 6.42 Å². The lowest BCUT2D eigenvalue weighted by atomic mass is 10.1. The zero-order valence-electron chi connectivity index (χ0n) is 11.0. The second-order valence-corrected chi connectivity index (χ2v) is 4.68. The third-order valence-electron chi connectivity index (χ3n) is 2.96. The number of halogens is 2. The number of rotatable bonds is 4. The van der Waals surface area contributed by atoms with Gasteiger partial charge in [0.15, 0.2) is 0 Å². The van der Waals surface area contributed by atoms with Crippen molar-refractivity contribution >= 4 is 5.69 Å². The Morgan fingerprint density at radius 1 is 1.10 bits per heavy atom. The summed E-state index contributed by atoms with van der Waals surface area (Å²) < 4.78 is 25.9. The number of hydrogen-bond donors (Lipinski definition) is 1. The molecule has 0 saturated heterocycles. The molecule has 0 spiro atoms. The van der Waals surface area contributed by atoms with Gasteiger partial charge in [-0.25, -0.2) is 8.78 Å². The molecule has 1 atom stereocenters. The van der Waals surface area contributed by atoms with Gasteiger partial charge in [0.1, 0.15) is 17.7 Å². The molecule has 102 valence electrons. The smallest absolute Gasteiger partial charge is 0.124 e. The number of nitrogens with one attached hydrogen (secondary N) is 1. The summed E-state index contributed by atoms with van der Waals surface area (Å²) in [5.74, 6) is -0.696. The predicted molar refractivity (Wildman–Crippen MR) is 74.3 cm³/mol. The van der Waals surface area contributed by atoms with Crippen LogP contribution in [0.5, 0.6) is 0 Å². The number of nitrogens with zero attached hydrogens (tertiary/aromatic N) is 1. The van der Waals surface area contributed by atoms with Crippen molar-refractivity contribution in [2.45, 2.75) is 19.4 Å². The lowest BCUT2D eigenvalue weighted by Crippen LogP contribution is -2.18. The first-order chi connectivity index (χ1) is 9.58. The van der Waals surface area contributed by atoms with Crippen molar-refractivity contribution in [1.29, 1.82) is 5.26 Å². The molecule has 0 fully saturated rings. The fraction of sp³-hybridized carbons (Fsp3) is 0.188. The van der Waals surface area contributed by atoms with Gasteiger partial charge in [-0.15, -0.1) is 0 Å². The highest BCUT2D eigenvalue weighted by atomic mass is 19.1. The SMILES string of the molecule is CC(Cc1ccc(F)cc1)Nc1ccc(F)cc1C#N. The fourth-order valence-electron chi connectivity index (χ4n) is 2.03. The van der Waals surface area contributed by atoms with Gasteiger partial charge in [-0.2, -0.15) is 5.26 Å². The number of nitriles is 1. The van der Waals surface area contributed by atoms with Crippen LogP contribution in [0.4, 0.5) is 14.5 Å². The Bertz CT molecular complexity index is 630. The molecular formula is C16H14F2N2. The van der Waals surface area contributed by atoms with Crippen LogP contribution in [0.15, 0.2) is 42.5 Å². The Kier molecular flexibility index (Phi) is 4.31. The first-order valence-corrected chi connectivity index (χ1v) is 6.29. The van der Waals surface area contributed by atoms with Crippen molar-refractivity contribution in [1.82, 2.24) is 0 Å². The van der Waals surface area contributed by atoms with Crippen LogP contribution >= 0.6 is 0 Å². The Morgan fingerprint density at radius 2 is 1.75 bits per heavy atom. The van der Waals surface area contributed by atoms with Crippen LogP contribution in [-0.4, -0.2) is 6.04 Å². The Hall–Kier alpha value is -2.41. The summed E-state index contributed by atoms with van der Waals surface area (Å²) in [4.78, 5) is 0. The summed E-state index contributed by atoms with van der Waals surface area (Å²) >= 11 is 0. The Balaban J connectivity index is 2.06. The van der Waals surface area contributed by atoms with Gasteiger partial charge in [0.05, 0.1) is 11.3 Å². The molecule has 0 aromatic heterocycles. The average molecular weight is 272 g/mol. The standard InChI is InChI=1S/C16H14F2N2/c1-11(8-12-2-4-14(17)5-3-12)20-16-7-6-15(18)9-13(16)10-19/h2-7,9,11,20H,8H2,1H3. The second-order valence-electron chi connectivity index (χ2n) is 4.68. The summed E-state index contributed by atoms with van der Waals surface area (Å²) in [6.07, 6.45) is 0.683. The maximum absolute atomic E-state index is 13.0. The molecule has 0 bridgehead atoms. The number of hydrogen-bond acceptors (Lipinski definition) is 2. The van der Waals surface area contributed by atoms with Crippen LogP contribution in [0.1, 0.15) is 18.1 Å². The van der Waals surface area contributed by atoms with E-state index in [9.17, 15) is 8.78 Å². The summed E-state index contributed by atoms with van der Waals surface area (Å²) in [7, 11) is 0. The van der Waals surface area contributed by atoms with Crippen LogP contribution in [0, 0.1) is 23.0 Å². The van der Waals surface area contributed by atoms with E-state index in [1.807, 2.05) is 13.0 Å². The number of benzene rings is 2. The van der Waals surface area contributed by atoms with Gasteiger partial charge in [0.25, 0.3) is 0 Å². The average Bonchev–Trinajstić information content (AvgIpc) is 2.43. The molecule has 0 amide bonds. The van der Waals surface area contributed by atoms with Gasteiger partial charge < -0.3 is 5.32 Å². The predicted octanol–water partition coefficient (Wildman–Crippen LogP) is 3.88. The van der Waals surface area contributed by atoms with Crippen LogP contribution in [0.3, 0.4) is 0 Å². The normalized spacial score (nSPS) is 11.7. The topological polar surface area (TPSA) is 35.8 Å². The van der Waals surface area contributed by atoms with E-state index in [0.717, 1.165) is 5.56 Å². The molecule has 2 nitrogen and oxygen atoms in total. The summed E-state index contributed by atoms with van der Waals surface area (Å²) in [6.45, 7) is 1.95. The Morgan fingerprint density at radius 3 is 2.40 bits per heavy atom. The highest BCUT2D eigenvalue weighted by Gasteiger charge is 2.08. The van der Waals surface area contributed by atoms with Crippen molar-refractivity contribution in [3.63, 3.8) is 0 Å². The number of anilines is 1. The second kappa shape index (κ2) is 6.16. The van der Waals surface area contributed by atoms with E-state index in [1.165, 1.54) is 24.3 Å². The van der Waals surface area contributed by atoms with E-state index in [1.54, 1.807) is 18.2 Å². The van der Waals surface area contributed by atoms with Crippen molar-refractivity contribution in [3.05, 3.63) is 65.2 Å². The monoisotopic (exact) mass is 272 g/mol. The van der Waals surface area contributed by atoms with E-state index in [-0.39, 0.29) is 17.4 Å². The van der Waals surface area contributed by atoms with Gasteiger partial charge in [-0.1, -0.05) is 12.1 Å². The third kappa shape index (κ3) is 3.55. The lowest BCUT2D eigenvalue weighted by molar-refractivity contribution is 0.626. The van der Waals surface area contributed by atoms with E-state index in [4.69, 9.17) is 5.26 Å². The minimum atomic E-state index is -0.432. The maximum Gasteiger partial charge on any atom is 0.124 e. The van der Waals surface area contributed by atoms with Crippen LogP contribution in [0.2, 0.25) is 0 Å². The molecule has 2 aromatic rings. The van der Waals surface area contributed by atoms with E-state index in [2.05, 4.69) is 5.32 Å². The minimum Gasteiger partial charge on any atom is -0.381 e. The molecule has 0 radical (unpaired) electrons. The minimum absolute atomic E-state index is 0.0398. The van der Waals surface area contributed by atoms with E-state index < -0.39 is 5.82 Å². The van der Waals surface area contributed by atoms with Crippen molar-refractivity contribution in [3.8, 4) is 6.07 Å². The molecule has 0 heterocycles. The van der Waals surface area contributed by atoms with Gasteiger partial charge >= 0.3 is 0 Å². The Labute approximate surface area is 116 Å². The van der Waals surface area contributed by atoms with Crippen LogP contribution < -0.4 is 5.32 Å². The lowest BCUT2D eigenvalue weighted by Gasteiger charge is -2.16. The highest BCUT2D eigenvalue weighted by molar-refractivity contribution is 5.57. The molecule has 1 unspecified atom stereocenters. The van der Waals surface area contributed by atoms with Gasteiger partial charge in [-0.3, -0.25) is 0 Å². The molecule has 20 heavy (non-hydrogen) atoms. The largest absolute Gasteiger partial charge is 0.381 e. The van der Waals surface area contributed by atoms with Crippen molar-refractivity contribution in [2.24, 2.45) is 0 Å². The summed E-state index contributed by atoms with van der Waals surface area (Å²) in [5.41, 5.74) is 1.87. The van der Waals surface area contributed by atoms with E-state index >= 15 is 0 Å². The molecular weight excluding hydrogens is 258 g/mol. The van der Waals surface area contributed by atoms with Gasteiger partial charge in [0, 0.05) is 6.04 Å². The van der Waals surface area contributed by atoms with Crippen molar-refractivity contribution < 1.29 is 8.78 Å². The summed E-state index contributed by atoms with van der Waals surface area (Å²) in [6, 6.07) is 12.4. The molecule has 0 aliphatic carbocycles. The van der Waals surface area contributed by atoms with Gasteiger partial charge in [0.2, 0.25) is 0 Å². The van der Waals surface area contributed by atoms with Crippen LogP contribution in [0.25, 0.3) is 0 Å². The maximum atomic E-state index is 13.0. The highest BCUT2D eigenvalue weighted by Crippen LogP contribution is 2.18. The zero-order valence-corrected chi connectivity index (χ0v) is 11.0. The quantitative estimate of drug-likeness (QED) is 0.916. The molecule has 4 heteroatoms. The van der Waals surface area contributed by atoms with Crippen molar-refractivity contribution in [2.75, 3.05) is 5.32 Å². The zero-order chi connectivity index (χ0) is 14.5. The molecule has 0 aliphatic rings. The van der Waals surface area contributed by atoms with Gasteiger partial charge in [-0.05, 0) is 49.2 Å². The molecule has 0 aliphatic heterocycles. The van der Waals surface area contributed by atoms with E-state index in [0.29, 0.717) is 12.1 Å². The first kappa shape index (κ1) is 14.0. The molecule has 2 aromatic carbocycles.